The molecule has 3 heterocycles. The Balaban J connectivity index is 1.14. The number of hydrogen-bond acceptors (Lipinski definition) is 8. The number of fused-ring (bicyclic) bond motifs is 1. The average Bonchev–Trinajstić information content (AvgIpc) is 3.66. The Morgan fingerprint density at radius 2 is 1.60 bits per heavy atom. The summed E-state index contributed by atoms with van der Waals surface area (Å²) < 4.78 is 64.5. The molecular formula is C40H50F3N5O5. The van der Waals surface area contributed by atoms with Crippen LogP contribution in [0.1, 0.15) is 49.3 Å². The Morgan fingerprint density at radius 3 is 2.25 bits per heavy atom. The van der Waals surface area contributed by atoms with Gasteiger partial charge in [0.1, 0.15) is 0 Å². The van der Waals surface area contributed by atoms with Gasteiger partial charge in [-0.1, -0.05) is 24.3 Å². The zero-order chi connectivity index (χ0) is 37.6. The van der Waals surface area contributed by atoms with E-state index in [1.54, 1.807) is 21.3 Å². The molecule has 1 amide bonds. The van der Waals surface area contributed by atoms with E-state index < -0.39 is 17.2 Å². The molecule has 2 aliphatic heterocycles. The number of aromatic nitrogens is 2. The molecule has 0 radical (unpaired) electrons. The lowest BCUT2D eigenvalue weighted by atomic mass is 9.77. The smallest absolute Gasteiger partial charge is 0.416 e. The number of carbonyl (C=O) groups is 1. The van der Waals surface area contributed by atoms with Crippen LogP contribution in [0.15, 0.2) is 60.7 Å². The monoisotopic (exact) mass is 737 g/mol. The molecule has 1 unspecified atom stereocenters. The van der Waals surface area contributed by atoms with Crippen molar-refractivity contribution in [1.29, 1.82) is 0 Å². The van der Waals surface area contributed by atoms with E-state index in [-0.39, 0.29) is 11.9 Å². The lowest BCUT2D eigenvalue weighted by Gasteiger charge is -2.35. The number of benzene rings is 3. The maximum absolute atomic E-state index is 14.4. The molecular weight excluding hydrogens is 687 g/mol. The van der Waals surface area contributed by atoms with Gasteiger partial charge in [0.15, 0.2) is 11.5 Å². The summed E-state index contributed by atoms with van der Waals surface area (Å²) in [4.78, 5) is 23.6. The van der Waals surface area contributed by atoms with E-state index in [2.05, 4.69) is 20.9 Å². The van der Waals surface area contributed by atoms with Crippen molar-refractivity contribution in [2.45, 2.75) is 64.3 Å². The fourth-order valence-corrected chi connectivity index (χ4v) is 7.75. The number of anilines is 1. The summed E-state index contributed by atoms with van der Waals surface area (Å²) >= 11 is 0. The van der Waals surface area contributed by atoms with Gasteiger partial charge in [-0.25, -0.2) is 4.98 Å². The lowest BCUT2D eigenvalue weighted by Crippen LogP contribution is -2.43. The van der Waals surface area contributed by atoms with Gasteiger partial charge in [0.2, 0.25) is 17.6 Å². The highest BCUT2D eigenvalue weighted by Crippen LogP contribution is 2.43. The van der Waals surface area contributed by atoms with Crippen LogP contribution in [0.25, 0.3) is 11.0 Å². The third-order valence-corrected chi connectivity index (χ3v) is 10.7. The van der Waals surface area contributed by atoms with E-state index in [1.165, 1.54) is 12.1 Å². The van der Waals surface area contributed by atoms with Crippen LogP contribution in [0.3, 0.4) is 0 Å². The maximum atomic E-state index is 14.4. The van der Waals surface area contributed by atoms with Crippen LogP contribution in [0, 0.1) is 5.41 Å². The number of ether oxygens (including phenoxy) is 4. The number of likely N-dealkylation sites (tertiary alicyclic amines) is 2. The molecule has 1 aromatic heterocycles. The molecule has 6 rings (SSSR count). The summed E-state index contributed by atoms with van der Waals surface area (Å²) in [5.74, 6) is 2.34. The molecule has 0 aliphatic carbocycles. The standard InChI is InChI=1S/C40H50F3N5O5/c1-5-53-23-22-48-33-9-7-6-8-32(33)45-38(48)44-31-14-18-46(19-15-31)20-16-39(26-28-10-12-30(13-11-28)40(41,42)43)17-21-47(37(39)49)27-29-24-34(50-2)36(52-4)35(25-29)51-3/h6-13,24-25,31H,5,14-23,26-27H2,1-4H3,(H,44,45). The Kier molecular flexibility index (Phi) is 12.0. The van der Waals surface area contributed by atoms with Gasteiger partial charge >= 0.3 is 6.18 Å². The normalized spacial score (nSPS) is 18.5. The van der Waals surface area contributed by atoms with Gasteiger partial charge < -0.3 is 38.6 Å². The van der Waals surface area contributed by atoms with Gasteiger partial charge in [-0.3, -0.25) is 4.79 Å². The summed E-state index contributed by atoms with van der Waals surface area (Å²) in [6.45, 7) is 7.28. The molecule has 13 heteroatoms. The van der Waals surface area contributed by atoms with Crippen LogP contribution in [-0.2, 0) is 35.2 Å². The molecule has 10 nitrogen and oxygen atoms in total. The topological polar surface area (TPSA) is 90.3 Å². The van der Waals surface area contributed by atoms with Gasteiger partial charge in [-0.15, -0.1) is 0 Å². The molecule has 1 N–H and O–H groups in total. The Morgan fingerprint density at radius 1 is 0.906 bits per heavy atom. The molecule has 53 heavy (non-hydrogen) atoms. The Bertz CT molecular complexity index is 1820. The first-order valence-electron chi connectivity index (χ1n) is 18.3. The maximum Gasteiger partial charge on any atom is 0.416 e. The highest BCUT2D eigenvalue weighted by molar-refractivity contribution is 5.85. The molecule has 2 aliphatic rings. The number of rotatable bonds is 16. The number of nitrogens with zero attached hydrogens (tertiary/aromatic N) is 4. The molecule has 4 aromatic rings. The zero-order valence-corrected chi connectivity index (χ0v) is 31.0. The molecule has 286 valence electrons. The second-order valence-corrected chi connectivity index (χ2v) is 13.9. The van der Waals surface area contributed by atoms with Crippen molar-refractivity contribution in [1.82, 2.24) is 19.4 Å². The lowest BCUT2D eigenvalue weighted by molar-refractivity contribution is -0.138. The van der Waals surface area contributed by atoms with Crippen molar-refractivity contribution in [3.63, 3.8) is 0 Å². The van der Waals surface area contributed by atoms with Crippen LogP contribution in [-0.4, -0.2) is 92.0 Å². The van der Waals surface area contributed by atoms with Crippen LogP contribution in [0.2, 0.25) is 0 Å². The van der Waals surface area contributed by atoms with Crippen LogP contribution < -0.4 is 19.5 Å². The van der Waals surface area contributed by atoms with Crippen molar-refractivity contribution < 1.29 is 36.9 Å². The number of piperidine rings is 1. The summed E-state index contributed by atoms with van der Waals surface area (Å²) in [5.41, 5.74) is 2.13. The number of carbonyl (C=O) groups excluding carboxylic acids is 1. The minimum Gasteiger partial charge on any atom is -0.493 e. The summed E-state index contributed by atoms with van der Waals surface area (Å²) in [6, 6.07) is 17.3. The van der Waals surface area contributed by atoms with E-state index in [1.807, 2.05) is 42.2 Å². The number of alkyl halides is 3. The van der Waals surface area contributed by atoms with Crippen LogP contribution >= 0.6 is 0 Å². The van der Waals surface area contributed by atoms with Crippen LogP contribution in [0.4, 0.5) is 19.1 Å². The number of nitrogens with one attached hydrogen (secondary N) is 1. The Hall–Kier alpha value is -4.49. The SMILES string of the molecule is CCOCCn1c(NC2CCN(CCC3(Cc4ccc(C(F)(F)F)cc4)CCN(Cc4cc(OC)c(OC)c(OC)c4)C3=O)CC2)nc2ccccc21. The molecule has 3 aromatic carbocycles. The predicted molar refractivity (Wildman–Crippen MR) is 198 cm³/mol. The number of para-hydroxylation sites is 2. The number of hydrogen-bond donors (Lipinski definition) is 1. The van der Waals surface area contributed by atoms with E-state index in [4.69, 9.17) is 23.9 Å². The highest BCUT2D eigenvalue weighted by Gasteiger charge is 2.46. The van der Waals surface area contributed by atoms with E-state index >= 15 is 0 Å². The highest BCUT2D eigenvalue weighted by atomic mass is 19.4. The van der Waals surface area contributed by atoms with Gasteiger partial charge in [-0.05, 0) is 93.1 Å². The minimum absolute atomic E-state index is 0.00802. The first-order chi connectivity index (χ1) is 25.6. The van der Waals surface area contributed by atoms with E-state index in [0.717, 1.165) is 66.2 Å². The third kappa shape index (κ3) is 8.67. The van der Waals surface area contributed by atoms with E-state index in [0.29, 0.717) is 75.9 Å². The summed E-state index contributed by atoms with van der Waals surface area (Å²) in [7, 11) is 4.65. The van der Waals surface area contributed by atoms with Crippen molar-refractivity contribution >= 4 is 22.9 Å². The van der Waals surface area contributed by atoms with Crippen molar-refractivity contribution in [2.24, 2.45) is 5.41 Å². The summed E-state index contributed by atoms with van der Waals surface area (Å²) in [5, 5.41) is 3.70. The second-order valence-electron chi connectivity index (χ2n) is 13.9. The molecule has 1 atom stereocenters. The molecule has 0 spiro atoms. The first-order valence-corrected chi connectivity index (χ1v) is 18.3. The van der Waals surface area contributed by atoms with Gasteiger partial charge in [-0.2, -0.15) is 13.2 Å². The number of halogens is 3. The first kappa shape index (κ1) is 38.2. The minimum atomic E-state index is -4.42. The fourth-order valence-electron chi connectivity index (χ4n) is 7.75. The van der Waals surface area contributed by atoms with Gasteiger partial charge in [0, 0.05) is 45.4 Å². The second kappa shape index (κ2) is 16.7. The van der Waals surface area contributed by atoms with Crippen molar-refractivity contribution in [2.75, 3.05) is 66.0 Å². The molecule has 0 bridgehead atoms. The fraction of sp³-hybridized carbons (Fsp3) is 0.500. The van der Waals surface area contributed by atoms with Crippen molar-refractivity contribution in [3.8, 4) is 17.2 Å². The zero-order valence-electron chi connectivity index (χ0n) is 31.0. The Labute approximate surface area is 309 Å². The number of methoxy groups -OCH3 is 3. The van der Waals surface area contributed by atoms with Gasteiger partial charge in [0.25, 0.3) is 0 Å². The quantitative estimate of drug-likeness (QED) is 0.123. The average molecular weight is 738 g/mol. The third-order valence-electron chi connectivity index (χ3n) is 10.7. The molecule has 2 saturated heterocycles. The van der Waals surface area contributed by atoms with Crippen LogP contribution in [0.5, 0.6) is 17.2 Å². The predicted octanol–water partition coefficient (Wildman–Crippen LogP) is 7.05. The number of imidazole rings is 1. The largest absolute Gasteiger partial charge is 0.493 e. The molecule has 2 fully saturated rings. The van der Waals surface area contributed by atoms with E-state index in [9.17, 15) is 18.0 Å². The number of amides is 1. The molecule has 0 saturated carbocycles. The van der Waals surface area contributed by atoms with Crippen molar-refractivity contribution in [3.05, 3.63) is 77.4 Å². The summed E-state index contributed by atoms with van der Waals surface area (Å²) in [6.07, 6.45) is -1.01. The van der Waals surface area contributed by atoms with Gasteiger partial charge in [0.05, 0.1) is 49.9 Å².